The summed E-state index contributed by atoms with van der Waals surface area (Å²) >= 11 is 5.93. The van der Waals surface area contributed by atoms with Crippen LogP contribution in [0.2, 0.25) is 5.02 Å². The fourth-order valence-corrected chi connectivity index (χ4v) is 3.26. The molecule has 0 saturated carbocycles. The molecule has 1 heterocycles. The number of hydrogen-bond acceptors (Lipinski definition) is 3. The van der Waals surface area contributed by atoms with Crippen LogP contribution >= 0.6 is 11.6 Å². The van der Waals surface area contributed by atoms with Crippen molar-refractivity contribution in [3.63, 3.8) is 0 Å². The van der Waals surface area contributed by atoms with Gasteiger partial charge in [-0.3, -0.25) is 0 Å². The Bertz CT molecular complexity index is 800. The highest BCUT2D eigenvalue weighted by Crippen LogP contribution is 2.30. The maximum Gasteiger partial charge on any atom is 0.128 e. The molecule has 3 nitrogen and oxygen atoms in total. The smallest absolute Gasteiger partial charge is 0.128 e. The number of nitrogens with zero attached hydrogens (tertiary/aromatic N) is 2. The number of nitriles is 1. The van der Waals surface area contributed by atoms with E-state index < -0.39 is 0 Å². The van der Waals surface area contributed by atoms with Gasteiger partial charge < -0.3 is 9.64 Å². The van der Waals surface area contributed by atoms with Gasteiger partial charge in [0.2, 0.25) is 0 Å². The van der Waals surface area contributed by atoms with Crippen LogP contribution in [0.25, 0.3) is 11.6 Å². The molecule has 25 heavy (non-hydrogen) atoms. The molecule has 0 atom stereocenters. The lowest BCUT2D eigenvalue weighted by Gasteiger charge is -2.29. The maximum absolute atomic E-state index is 9.53. The average molecular weight is 353 g/mol. The Hall–Kier alpha value is -2.44. The SMILES string of the molecule is COc1cc(N2CCCCC2)ccc1/C=C(/C#N)c1ccc(Cl)cc1. The summed E-state index contributed by atoms with van der Waals surface area (Å²) in [5.41, 5.74) is 3.50. The van der Waals surface area contributed by atoms with E-state index >= 15 is 0 Å². The van der Waals surface area contributed by atoms with E-state index in [9.17, 15) is 5.26 Å². The highest BCUT2D eigenvalue weighted by molar-refractivity contribution is 6.30. The molecule has 1 fully saturated rings. The number of benzene rings is 2. The van der Waals surface area contributed by atoms with Gasteiger partial charge in [0.1, 0.15) is 5.75 Å². The van der Waals surface area contributed by atoms with Crippen molar-refractivity contribution in [2.45, 2.75) is 19.3 Å². The summed E-state index contributed by atoms with van der Waals surface area (Å²) in [6.45, 7) is 2.18. The highest BCUT2D eigenvalue weighted by Gasteiger charge is 2.13. The summed E-state index contributed by atoms with van der Waals surface area (Å²) in [7, 11) is 1.67. The first-order valence-electron chi connectivity index (χ1n) is 8.52. The third-order valence-corrected chi connectivity index (χ3v) is 4.77. The second-order valence-corrected chi connectivity index (χ2v) is 6.59. The van der Waals surface area contributed by atoms with Crippen LogP contribution in [0.4, 0.5) is 5.69 Å². The molecule has 2 aromatic rings. The van der Waals surface area contributed by atoms with Gasteiger partial charge in [-0.15, -0.1) is 0 Å². The van der Waals surface area contributed by atoms with E-state index in [0.29, 0.717) is 10.6 Å². The predicted octanol–water partition coefficient (Wildman–Crippen LogP) is 5.40. The van der Waals surface area contributed by atoms with Crippen LogP contribution in [0.5, 0.6) is 5.75 Å². The molecule has 0 bridgehead atoms. The standard InChI is InChI=1S/C21H21ClN2O/c1-25-21-14-20(24-11-3-2-4-12-24)10-7-17(21)13-18(15-23)16-5-8-19(22)9-6-16/h5-10,13-14H,2-4,11-12H2,1H3/b18-13-. The zero-order valence-electron chi connectivity index (χ0n) is 14.3. The molecule has 2 aromatic carbocycles. The molecule has 0 unspecified atom stereocenters. The third kappa shape index (κ3) is 4.15. The van der Waals surface area contributed by atoms with Gasteiger partial charge in [-0.1, -0.05) is 23.7 Å². The molecule has 0 N–H and O–H groups in total. The van der Waals surface area contributed by atoms with Gasteiger partial charge in [-0.05, 0) is 55.2 Å². The lowest BCUT2D eigenvalue weighted by molar-refractivity contribution is 0.413. The van der Waals surface area contributed by atoms with Crippen molar-refractivity contribution in [3.8, 4) is 11.8 Å². The fraction of sp³-hybridized carbons (Fsp3) is 0.286. The molecule has 3 rings (SSSR count). The van der Waals surface area contributed by atoms with E-state index in [4.69, 9.17) is 16.3 Å². The largest absolute Gasteiger partial charge is 0.496 e. The van der Waals surface area contributed by atoms with E-state index in [0.717, 1.165) is 30.0 Å². The normalized spacial score (nSPS) is 14.9. The number of anilines is 1. The van der Waals surface area contributed by atoms with Crippen LogP contribution < -0.4 is 9.64 Å². The molecule has 1 saturated heterocycles. The van der Waals surface area contributed by atoms with Crippen molar-refractivity contribution in [1.29, 1.82) is 5.26 Å². The summed E-state index contributed by atoms with van der Waals surface area (Å²) < 4.78 is 5.58. The molecule has 128 valence electrons. The molecular weight excluding hydrogens is 332 g/mol. The number of rotatable bonds is 4. The Kier molecular flexibility index (Phi) is 5.63. The monoisotopic (exact) mass is 352 g/mol. The number of halogens is 1. The van der Waals surface area contributed by atoms with Crippen molar-refractivity contribution in [2.24, 2.45) is 0 Å². The van der Waals surface area contributed by atoms with Crippen LogP contribution in [0, 0.1) is 11.3 Å². The first kappa shape index (κ1) is 17.4. The van der Waals surface area contributed by atoms with E-state index in [2.05, 4.69) is 23.1 Å². The topological polar surface area (TPSA) is 36.3 Å². The average Bonchev–Trinajstić information content (AvgIpc) is 2.67. The molecule has 4 heteroatoms. The van der Waals surface area contributed by atoms with Crippen molar-refractivity contribution in [1.82, 2.24) is 0 Å². The first-order chi connectivity index (χ1) is 12.2. The van der Waals surface area contributed by atoms with Gasteiger partial charge in [0.05, 0.1) is 18.8 Å². The van der Waals surface area contributed by atoms with Crippen molar-refractivity contribution in [2.75, 3.05) is 25.1 Å². The summed E-state index contributed by atoms with van der Waals surface area (Å²) in [5, 5.41) is 10.2. The van der Waals surface area contributed by atoms with Crippen LogP contribution in [0.1, 0.15) is 30.4 Å². The molecule has 0 radical (unpaired) electrons. The highest BCUT2D eigenvalue weighted by atomic mass is 35.5. The molecule has 0 amide bonds. The van der Waals surface area contributed by atoms with Crippen molar-refractivity contribution >= 4 is 28.9 Å². The Morgan fingerprint density at radius 3 is 2.48 bits per heavy atom. The van der Waals surface area contributed by atoms with Gasteiger partial charge in [0.15, 0.2) is 0 Å². The molecule has 1 aliphatic rings. The zero-order valence-corrected chi connectivity index (χ0v) is 15.1. The lowest BCUT2D eigenvalue weighted by Crippen LogP contribution is -2.29. The number of allylic oxidation sites excluding steroid dienone is 1. The number of hydrogen-bond donors (Lipinski definition) is 0. The Balaban J connectivity index is 1.92. The van der Waals surface area contributed by atoms with Crippen LogP contribution in [-0.4, -0.2) is 20.2 Å². The quantitative estimate of drug-likeness (QED) is 0.545. The van der Waals surface area contributed by atoms with Gasteiger partial charge in [-0.2, -0.15) is 5.26 Å². The van der Waals surface area contributed by atoms with Gasteiger partial charge in [0.25, 0.3) is 0 Å². The fourth-order valence-electron chi connectivity index (χ4n) is 3.13. The second-order valence-electron chi connectivity index (χ2n) is 6.15. The van der Waals surface area contributed by atoms with Gasteiger partial charge in [0, 0.05) is 35.4 Å². The van der Waals surface area contributed by atoms with E-state index in [1.807, 2.05) is 24.3 Å². The zero-order chi connectivity index (χ0) is 17.6. The summed E-state index contributed by atoms with van der Waals surface area (Å²) in [5.74, 6) is 0.782. The molecule has 1 aliphatic heterocycles. The van der Waals surface area contributed by atoms with Crippen LogP contribution in [0.15, 0.2) is 42.5 Å². The lowest BCUT2D eigenvalue weighted by atomic mass is 10.0. The van der Waals surface area contributed by atoms with Crippen LogP contribution in [0.3, 0.4) is 0 Å². The van der Waals surface area contributed by atoms with Gasteiger partial charge in [-0.25, -0.2) is 0 Å². The Morgan fingerprint density at radius 2 is 1.84 bits per heavy atom. The Morgan fingerprint density at radius 1 is 1.12 bits per heavy atom. The predicted molar refractivity (Wildman–Crippen MR) is 104 cm³/mol. The Labute approximate surface area is 154 Å². The minimum atomic E-state index is 0.584. The van der Waals surface area contributed by atoms with Crippen molar-refractivity contribution in [3.05, 3.63) is 58.6 Å². The molecule has 0 aliphatic carbocycles. The number of methoxy groups -OCH3 is 1. The summed E-state index contributed by atoms with van der Waals surface area (Å²) in [6, 6.07) is 15.7. The van der Waals surface area contributed by atoms with Gasteiger partial charge >= 0.3 is 0 Å². The first-order valence-corrected chi connectivity index (χ1v) is 8.90. The maximum atomic E-state index is 9.53. The van der Waals surface area contributed by atoms with Crippen LogP contribution in [-0.2, 0) is 0 Å². The summed E-state index contributed by atoms with van der Waals surface area (Å²) in [6.07, 6.45) is 5.64. The van der Waals surface area contributed by atoms with E-state index in [-0.39, 0.29) is 0 Å². The van der Waals surface area contributed by atoms with E-state index in [1.54, 1.807) is 19.2 Å². The number of piperidine rings is 1. The minimum absolute atomic E-state index is 0.584. The number of ether oxygens (including phenoxy) is 1. The molecule has 0 aromatic heterocycles. The summed E-state index contributed by atoms with van der Waals surface area (Å²) in [4.78, 5) is 2.39. The third-order valence-electron chi connectivity index (χ3n) is 4.51. The molecule has 0 spiro atoms. The molecular formula is C21H21ClN2O. The van der Waals surface area contributed by atoms with Crippen molar-refractivity contribution < 1.29 is 4.74 Å². The second kappa shape index (κ2) is 8.09. The van der Waals surface area contributed by atoms with E-state index in [1.165, 1.54) is 24.9 Å². The minimum Gasteiger partial charge on any atom is -0.496 e.